The van der Waals surface area contributed by atoms with Gasteiger partial charge in [0.05, 0.1) is 12.3 Å². The Kier molecular flexibility index (Phi) is 3.09. The Morgan fingerprint density at radius 3 is 2.50 bits per heavy atom. The molecule has 0 aromatic heterocycles. The van der Waals surface area contributed by atoms with Crippen LogP contribution in [0.25, 0.3) is 0 Å². The molecule has 3 heteroatoms. The lowest BCUT2D eigenvalue weighted by molar-refractivity contribution is -0.152. The lowest BCUT2D eigenvalue weighted by atomic mass is 9.91. The van der Waals surface area contributed by atoms with Crippen molar-refractivity contribution < 1.29 is 14.3 Å². The Morgan fingerprint density at radius 2 is 2.07 bits per heavy atom. The van der Waals surface area contributed by atoms with E-state index in [1.807, 2.05) is 6.08 Å². The molecule has 1 heterocycles. The van der Waals surface area contributed by atoms with Gasteiger partial charge in [-0.15, -0.1) is 0 Å². The van der Waals surface area contributed by atoms with Gasteiger partial charge in [0.25, 0.3) is 0 Å². The maximum absolute atomic E-state index is 11.0. The van der Waals surface area contributed by atoms with Gasteiger partial charge in [-0.2, -0.15) is 0 Å². The summed E-state index contributed by atoms with van der Waals surface area (Å²) in [4.78, 5) is 21.8. The predicted molar refractivity (Wildman–Crippen MR) is 52.4 cm³/mol. The van der Waals surface area contributed by atoms with Gasteiger partial charge in [-0.1, -0.05) is 32.9 Å². The Morgan fingerprint density at radius 1 is 1.43 bits per heavy atom. The Hall–Kier alpha value is -1.12. The van der Waals surface area contributed by atoms with E-state index < -0.39 is 11.9 Å². The molecule has 1 aliphatic rings. The number of ether oxygens (including phenoxy) is 1. The minimum atomic E-state index is -0.417. The SMILES string of the molecule is CC(C)(C)CC=CC1CC(=O)OC1=O. The van der Waals surface area contributed by atoms with Crippen LogP contribution in [-0.2, 0) is 14.3 Å². The van der Waals surface area contributed by atoms with Crippen molar-refractivity contribution >= 4 is 11.9 Å². The van der Waals surface area contributed by atoms with Crippen molar-refractivity contribution in [1.82, 2.24) is 0 Å². The van der Waals surface area contributed by atoms with E-state index in [1.54, 1.807) is 6.08 Å². The van der Waals surface area contributed by atoms with Gasteiger partial charge in [0.2, 0.25) is 0 Å². The number of rotatable bonds is 2. The van der Waals surface area contributed by atoms with E-state index in [2.05, 4.69) is 25.5 Å². The molecular weight excluding hydrogens is 180 g/mol. The maximum Gasteiger partial charge on any atom is 0.321 e. The standard InChI is InChI=1S/C11H16O3/c1-11(2,3)6-4-5-8-7-9(12)14-10(8)13/h4-5,8H,6-7H2,1-3H3. The summed E-state index contributed by atoms with van der Waals surface area (Å²) in [6.07, 6.45) is 4.81. The molecule has 1 aliphatic heterocycles. The van der Waals surface area contributed by atoms with Crippen LogP contribution in [0.1, 0.15) is 33.6 Å². The summed E-state index contributed by atoms with van der Waals surface area (Å²) >= 11 is 0. The van der Waals surface area contributed by atoms with Gasteiger partial charge in [0, 0.05) is 0 Å². The second kappa shape index (κ2) is 3.95. The minimum absolute atomic E-state index is 0.194. The number of esters is 2. The van der Waals surface area contributed by atoms with Crippen molar-refractivity contribution in [3.8, 4) is 0 Å². The van der Waals surface area contributed by atoms with Crippen molar-refractivity contribution in [2.75, 3.05) is 0 Å². The monoisotopic (exact) mass is 196 g/mol. The molecule has 0 saturated carbocycles. The highest BCUT2D eigenvalue weighted by Crippen LogP contribution is 2.22. The fourth-order valence-corrected chi connectivity index (χ4v) is 1.22. The minimum Gasteiger partial charge on any atom is -0.393 e. The molecule has 0 spiro atoms. The molecule has 0 amide bonds. The summed E-state index contributed by atoms with van der Waals surface area (Å²) in [5, 5.41) is 0. The fourth-order valence-electron chi connectivity index (χ4n) is 1.22. The molecule has 0 aliphatic carbocycles. The summed E-state index contributed by atoms with van der Waals surface area (Å²) in [6, 6.07) is 0. The van der Waals surface area contributed by atoms with E-state index in [9.17, 15) is 9.59 Å². The summed E-state index contributed by atoms with van der Waals surface area (Å²) in [6.45, 7) is 6.36. The maximum atomic E-state index is 11.0. The molecule has 78 valence electrons. The van der Waals surface area contributed by atoms with Crippen molar-refractivity contribution in [1.29, 1.82) is 0 Å². The first kappa shape index (κ1) is 11.0. The molecule has 3 nitrogen and oxygen atoms in total. The second-order valence-corrected chi connectivity index (χ2v) is 4.80. The fraction of sp³-hybridized carbons (Fsp3) is 0.636. The topological polar surface area (TPSA) is 43.4 Å². The molecule has 1 unspecified atom stereocenters. The zero-order chi connectivity index (χ0) is 10.8. The van der Waals surface area contributed by atoms with Crippen molar-refractivity contribution in [2.24, 2.45) is 11.3 Å². The van der Waals surface area contributed by atoms with Crippen molar-refractivity contribution in [3.63, 3.8) is 0 Å². The summed E-state index contributed by atoms with van der Waals surface area (Å²) in [7, 11) is 0. The number of allylic oxidation sites excluding steroid dienone is 1. The van der Waals surface area contributed by atoms with Crippen LogP contribution in [0, 0.1) is 11.3 Å². The number of carbonyl (C=O) groups is 2. The summed E-state index contributed by atoms with van der Waals surface area (Å²) in [5.74, 6) is -1.19. The second-order valence-electron chi connectivity index (χ2n) is 4.80. The van der Waals surface area contributed by atoms with E-state index in [-0.39, 0.29) is 17.8 Å². The zero-order valence-electron chi connectivity index (χ0n) is 8.87. The van der Waals surface area contributed by atoms with E-state index in [4.69, 9.17) is 0 Å². The third-order valence-corrected chi connectivity index (χ3v) is 2.00. The largest absolute Gasteiger partial charge is 0.393 e. The Labute approximate surface area is 84.1 Å². The van der Waals surface area contributed by atoms with Gasteiger partial charge >= 0.3 is 11.9 Å². The molecule has 1 saturated heterocycles. The van der Waals surface area contributed by atoms with Gasteiger partial charge < -0.3 is 4.74 Å². The van der Waals surface area contributed by atoms with Gasteiger partial charge in [0.1, 0.15) is 0 Å². The van der Waals surface area contributed by atoms with Crippen LogP contribution >= 0.6 is 0 Å². The molecule has 1 rings (SSSR count). The van der Waals surface area contributed by atoms with E-state index >= 15 is 0 Å². The third-order valence-electron chi connectivity index (χ3n) is 2.00. The predicted octanol–water partition coefficient (Wildman–Crippen LogP) is 2.07. The van der Waals surface area contributed by atoms with Crippen LogP contribution in [0.2, 0.25) is 0 Å². The molecule has 0 N–H and O–H groups in total. The smallest absolute Gasteiger partial charge is 0.321 e. The Bertz CT molecular complexity index is 271. The number of hydrogen-bond donors (Lipinski definition) is 0. The van der Waals surface area contributed by atoms with Crippen LogP contribution in [0.5, 0.6) is 0 Å². The normalized spacial score (nSPS) is 23.2. The molecule has 0 aromatic carbocycles. The van der Waals surface area contributed by atoms with Crippen molar-refractivity contribution in [2.45, 2.75) is 33.6 Å². The zero-order valence-corrected chi connectivity index (χ0v) is 8.87. The molecule has 0 radical (unpaired) electrons. The van der Waals surface area contributed by atoms with Gasteiger partial charge in [-0.25, -0.2) is 0 Å². The highest BCUT2D eigenvalue weighted by molar-refractivity contribution is 5.95. The Balaban J connectivity index is 2.45. The molecule has 14 heavy (non-hydrogen) atoms. The lowest BCUT2D eigenvalue weighted by Gasteiger charge is -2.14. The molecule has 0 aromatic rings. The average Bonchev–Trinajstić information content (AvgIpc) is 2.27. The van der Waals surface area contributed by atoms with Crippen LogP contribution in [0.15, 0.2) is 12.2 Å². The first-order valence-electron chi connectivity index (χ1n) is 4.80. The van der Waals surface area contributed by atoms with Gasteiger partial charge in [-0.05, 0) is 11.8 Å². The highest BCUT2D eigenvalue weighted by Gasteiger charge is 2.31. The van der Waals surface area contributed by atoms with Crippen molar-refractivity contribution in [3.05, 3.63) is 12.2 Å². The van der Waals surface area contributed by atoms with E-state index in [0.717, 1.165) is 6.42 Å². The number of carbonyl (C=O) groups excluding carboxylic acids is 2. The number of cyclic esters (lactones) is 2. The summed E-state index contributed by atoms with van der Waals surface area (Å²) in [5.41, 5.74) is 0.211. The molecular formula is C11H16O3. The average molecular weight is 196 g/mol. The quantitative estimate of drug-likeness (QED) is 0.386. The highest BCUT2D eigenvalue weighted by atomic mass is 16.6. The first-order chi connectivity index (χ1) is 6.38. The lowest BCUT2D eigenvalue weighted by Crippen LogP contribution is -2.05. The molecule has 1 atom stereocenters. The number of hydrogen-bond acceptors (Lipinski definition) is 3. The van der Waals surface area contributed by atoms with Crippen LogP contribution in [0.3, 0.4) is 0 Å². The van der Waals surface area contributed by atoms with E-state index in [1.165, 1.54) is 0 Å². The molecule has 1 fully saturated rings. The van der Waals surface area contributed by atoms with Crippen LogP contribution < -0.4 is 0 Å². The van der Waals surface area contributed by atoms with Gasteiger partial charge in [0.15, 0.2) is 0 Å². The summed E-state index contributed by atoms with van der Waals surface area (Å²) < 4.78 is 4.43. The van der Waals surface area contributed by atoms with E-state index in [0.29, 0.717) is 0 Å². The first-order valence-corrected chi connectivity index (χ1v) is 4.80. The van der Waals surface area contributed by atoms with Gasteiger partial charge in [-0.3, -0.25) is 9.59 Å². The third kappa shape index (κ3) is 3.32. The molecule has 0 bridgehead atoms. The van der Waals surface area contributed by atoms with Crippen LogP contribution in [-0.4, -0.2) is 11.9 Å². The van der Waals surface area contributed by atoms with Crippen LogP contribution in [0.4, 0.5) is 0 Å².